The third kappa shape index (κ3) is 3.96. The number of hydrogen-bond acceptors (Lipinski definition) is 4. The van der Waals surface area contributed by atoms with Crippen molar-refractivity contribution in [2.75, 3.05) is 16.8 Å². The lowest BCUT2D eigenvalue weighted by Gasteiger charge is -2.08. The summed E-state index contributed by atoms with van der Waals surface area (Å²) >= 11 is 1.37. The number of pyridine rings is 1. The summed E-state index contributed by atoms with van der Waals surface area (Å²) < 4.78 is 13.0. The summed E-state index contributed by atoms with van der Waals surface area (Å²) in [6.07, 6.45) is 3.32. The number of nitrogens with two attached hydrogens (primary N) is 1. The average molecular weight is 277 g/mol. The third-order valence-electron chi connectivity index (χ3n) is 2.31. The molecule has 2 aromatic rings. The van der Waals surface area contributed by atoms with E-state index in [4.69, 9.17) is 5.73 Å². The standard InChI is InChI=1S/C13H12FN3OS/c14-9-1-2-11(15)12(7-9)17-13(18)8-19-10-3-5-16-6-4-10/h1-7H,8,15H2,(H,17,18). The number of amides is 1. The lowest BCUT2D eigenvalue weighted by atomic mass is 10.2. The minimum atomic E-state index is -0.439. The van der Waals surface area contributed by atoms with Crippen LogP contribution in [0.1, 0.15) is 0 Å². The van der Waals surface area contributed by atoms with Gasteiger partial charge in [-0.05, 0) is 30.3 Å². The molecular formula is C13H12FN3OS. The van der Waals surface area contributed by atoms with Crippen LogP contribution in [0, 0.1) is 5.82 Å². The number of benzene rings is 1. The average Bonchev–Trinajstić information content (AvgIpc) is 2.42. The highest BCUT2D eigenvalue weighted by Crippen LogP contribution is 2.21. The Bertz CT molecular complexity index is 577. The zero-order valence-electron chi connectivity index (χ0n) is 9.97. The van der Waals surface area contributed by atoms with Gasteiger partial charge in [0.1, 0.15) is 5.82 Å². The van der Waals surface area contributed by atoms with E-state index in [9.17, 15) is 9.18 Å². The fourth-order valence-corrected chi connectivity index (χ4v) is 2.09. The fraction of sp³-hybridized carbons (Fsp3) is 0.0769. The number of nitrogen functional groups attached to an aromatic ring is 1. The van der Waals surface area contributed by atoms with Crippen molar-refractivity contribution < 1.29 is 9.18 Å². The molecule has 0 aliphatic rings. The number of nitrogens with zero attached hydrogens (tertiary/aromatic N) is 1. The van der Waals surface area contributed by atoms with Gasteiger partial charge >= 0.3 is 0 Å². The molecule has 19 heavy (non-hydrogen) atoms. The van der Waals surface area contributed by atoms with Gasteiger partial charge in [0.05, 0.1) is 17.1 Å². The van der Waals surface area contributed by atoms with E-state index in [1.54, 1.807) is 12.4 Å². The number of anilines is 2. The van der Waals surface area contributed by atoms with Crippen molar-refractivity contribution >= 4 is 29.0 Å². The summed E-state index contributed by atoms with van der Waals surface area (Å²) in [7, 11) is 0. The molecule has 0 aliphatic heterocycles. The van der Waals surface area contributed by atoms with E-state index in [-0.39, 0.29) is 11.7 Å². The van der Waals surface area contributed by atoms with E-state index in [1.165, 1.54) is 30.0 Å². The minimum Gasteiger partial charge on any atom is -0.397 e. The van der Waals surface area contributed by atoms with Crippen molar-refractivity contribution in [3.05, 3.63) is 48.5 Å². The van der Waals surface area contributed by atoms with Crippen LogP contribution in [0.3, 0.4) is 0 Å². The molecule has 0 aliphatic carbocycles. The Morgan fingerprint density at radius 2 is 2.05 bits per heavy atom. The second-order valence-electron chi connectivity index (χ2n) is 3.75. The molecule has 1 aromatic heterocycles. The molecule has 0 unspecified atom stereocenters. The van der Waals surface area contributed by atoms with E-state index in [0.717, 1.165) is 4.90 Å². The zero-order valence-corrected chi connectivity index (χ0v) is 10.8. The molecule has 1 heterocycles. The second-order valence-corrected chi connectivity index (χ2v) is 4.80. The normalized spacial score (nSPS) is 10.2. The Balaban J connectivity index is 1.93. The molecule has 0 radical (unpaired) electrons. The molecule has 1 amide bonds. The Hall–Kier alpha value is -2.08. The maximum Gasteiger partial charge on any atom is 0.234 e. The molecule has 0 atom stereocenters. The number of hydrogen-bond donors (Lipinski definition) is 2. The molecule has 0 saturated heterocycles. The van der Waals surface area contributed by atoms with Gasteiger partial charge in [-0.2, -0.15) is 0 Å². The lowest BCUT2D eigenvalue weighted by Crippen LogP contribution is -2.15. The van der Waals surface area contributed by atoms with Crippen LogP contribution in [0.2, 0.25) is 0 Å². The number of halogens is 1. The molecule has 3 N–H and O–H groups in total. The molecule has 0 saturated carbocycles. The lowest BCUT2D eigenvalue weighted by molar-refractivity contribution is -0.113. The highest BCUT2D eigenvalue weighted by Gasteiger charge is 2.07. The third-order valence-corrected chi connectivity index (χ3v) is 3.32. The number of nitrogens with one attached hydrogen (secondary N) is 1. The second kappa shape index (κ2) is 6.19. The van der Waals surface area contributed by atoms with Crippen molar-refractivity contribution in [1.29, 1.82) is 0 Å². The smallest absolute Gasteiger partial charge is 0.234 e. The SMILES string of the molecule is Nc1ccc(F)cc1NC(=O)CSc1ccncc1. The van der Waals surface area contributed by atoms with Gasteiger partial charge < -0.3 is 11.1 Å². The van der Waals surface area contributed by atoms with Crippen LogP contribution in [0.5, 0.6) is 0 Å². The molecule has 2 rings (SSSR count). The van der Waals surface area contributed by atoms with Crippen LogP contribution in [0.15, 0.2) is 47.6 Å². The molecule has 0 spiro atoms. The number of carbonyl (C=O) groups is 1. The first-order chi connectivity index (χ1) is 9.15. The van der Waals surface area contributed by atoms with E-state index < -0.39 is 5.82 Å². The van der Waals surface area contributed by atoms with Crippen molar-refractivity contribution in [2.24, 2.45) is 0 Å². The van der Waals surface area contributed by atoms with Gasteiger partial charge in [0, 0.05) is 17.3 Å². The monoisotopic (exact) mass is 277 g/mol. The highest BCUT2D eigenvalue weighted by molar-refractivity contribution is 8.00. The van der Waals surface area contributed by atoms with Gasteiger partial charge in [-0.1, -0.05) is 0 Å². The molecule has 0 fully saturated rings. The predicted octanol–water partition coefficient (Wildman–Crippen LogP) is 2.53. The Morgan fingerprint density at radius 3 is 2.79 bits per heavy atom. The Morgan fingerprint density at radius 1 is 1.32 bits per heavy atom. The largest absolute Gasteiger partial charge is 0.397 e. The molecule has 98 valence electrons. The summed E-state index contributed by atoms with van der Waals surface area (Å²) in [5, 5.41) is 2.58. The van der Waals surface area contributed by atoms with E-state index in [2.05, 4.69) is 10.3 Å². The summed E-state index contributed by atoms with van der Waals surface area (Å²) in [6, 6.07) is 7.49. The van der Waals surface area contributed by atoms with Crippen molar-refractivity contribution in [3.63, 3.8) is 0 Å². The first-order valence-corrected chi connectivity index (χ1v) is 6.51. The summed E-state index contributed by atoms with van der Waals surface area (Å²) in [4.78, 5) is 16.6. The van der Waals surface area contributed by atoms with E-state index in [1.807, 2.05) is 12.1 Å². The molecule has 6 heteroatoms. The quantitative estimate of drug-likeness (QED) is 0.665. The number of thioether (sulfide) groups is 1. The summed E-state index contributed by atoms with van der Waals surface area (Å²) in [6.45, 7) is 0. The van der Waals surface area contributed by atoms with Crippen LogP contribution in [-0.4, -0.2) is 16.6 Å². The predicted molar refractivity (Wildman–Crippen MR) is 74.4 cm³/mol. The Labute approximate surface area is 114 Å². The highest BCUT2D eigenvalue weighted by atomic mass is 32.2. The van der Waals surface area contributed by atoms with Crippen LogP contribution in [0.4, 0.5) is 15.8 Å². The minimum absolute atomic E-state index is 0.222. The number of aromatic nitrogens is 1. The van der Waals surface area contributed by atoms with Gasteiger partial charge in [-0.3, -0.25) is 9.78 Å². The van der Waals surface area contributed by atoms with Crippen molar-refractivity contribution in [1.82, 2.24) is 4.98 Å². The fourth-order valence-electron chi connectivity index (χ4n) is 1.41. The molecule has 4 nitrogen and oxygen atoms in total. The topological polar surface area (TPSA) is 68.0 Å². The van der Waals surface area contributed by atoms with Crippen LogP contribution in [-0.2, 0) is 4.79 Å². The van der Waals surface area contributed by atoms with Crippen molar-refractivity contribution in [3.8, 4) is 0 Å². The van der Waals surface area contributed by atoms with Gasteiger partial charge in [-0.25, -0.2) is 4.39 Å². The maximum absolute atomic E-state index is 13.0. The number of carbonyl (C=O) groups excluding carboxylic acids is 1. The summed E-state index contributed by atoms with van der Waals surface area (Å²) in [5.41, 5.74) is 6.28. The number of rotatable bonds is 4. The van der Waals surface area contributed by atoms with Gasteiger partial charge in [0.25, 0.3) is 0 Å². The molecule has 0 bridgehead atoms. The van der Waals surface area contributed by atoms with Gasteiger partial charge in [-0.15, -0.1) is 11.8 Å². The van der Waals surface area contributed by atoms with E-state index >= 15 is 0 Å². The van der Waals surface area contributed by atoms with Crippen LogP contribution < -0.4 is 11.1 Å². The molecule has 1 aromatic carbocycles. The first-order valence-electron chi connectivity index (χ1n) is 5.53. The van der Waals surface area contributed by atoms with Gasteiger partial charge in [0.2, 0.25) is 5.91 Å². The Kier molecular flexibility index (Phi) is 4.35. The maximum atomic E-state index is 13.0. The van der Waals surface area contributed by atoms with Crippen molar-refractivity contribution in [2.45, 2.75) is 4.90 Å². The first kappa shape index (κ1) is 13.4. The van der Waals surface area contributed by atoms with Gasteiger partial charge in [0.15, 0.2) is 0 Å². The molecular weight excluding hydrogens is 265 g/mol. The zero-order chi connectivity index (χ0) is 13.7. The van der Waals surface area contributed by atoms with Crippen LogP contribution >= 0.6 is 11.8 Å². The van der Waals surface area contributed by atoms with Crippen LogP contribution in [0.25, 0.3) is 0 Å². The summed E-state index contributed by atoms with van der Waals surface area (Å²) in [5.74, 6) is -0.453. The van der Waals surface area contributed by atoms with E-state index in [0.29, 0.717) is 11.4 Å².